The zero-order valence-electron chi connectivity index (χ0n) is 19.4. The summed E-state index contributed by atoms with van der Waals surface area (Å²) < 4.78 is 81.6. The number of amides is 2. The Morgan fingerprint density at radius 3 is 2.39 bits per heavy atom. The van der Waals surface area contributed by atoms with Crippen molar-refractivity contribution in [1.82, 2.24) is 19.7 Å². The number of aliphatic hydroxyl groups excluding tert-OH is 1. The van der Waals surface area contributed by atoms with E-state index in [9.17, 15) is 46.3 Å². The Labute approximate surface area is 218 Å². The van der Waals surface area contributed by atoms with Crippen LogP contribution >= 0.6 is 0 Å². The van der Waals surface area contributed by atoms with Crippen molar-refractivity contribution in [2.45, 2.75) is 43.3 Å². The fraction of sp³-hybridized carbons (Fsp3) is 0.476. The quantitative estimate of drug-likeness (QED) is 0.348. The molecule has 206 valence electrons. The molecule has 1 aliphatic heterocycles. The number of aromatic nitrogens is 3. The van der Waals surface area contributed by atoms with Gasteiger partial charge in [0.25, 0.3) is 0 Å². The van der Waals surface area contributed by atoms with Crippen LogP contribution in [0.5, 0.6) is 0 Å². The van der Waals surface area contributed by atoms with Gasteiger partial charge in [-0.1, -0.05) is 0 Å². The van der Waals surface area contributed by atoms with Crippen LogP contribution in [0.1, 0.15) is 41.4 Å². The molecule has 0 aliphatic carbocycles. The number of ether oxygens (including phenoxy) is 1. The second kappa shape index (κ2) is 11.2. The summed E-state index contributed by atoms with van der Waals surface area (Å²) in [6.07, 6.45) is -10.8. The summed E-state index contributed by atoms with van der Waals surface area (Å²) in [4.78, 5) is 28.8. The first kappa shape index (κ1) is 29.2. The van der Waals surface area contributed by atoms with Gasteiger partial charge in [-0.05, 0) is 0 Å². The number of halogens is 6. The summed E-state index contributed by atoms with van der Waals surface area (Å²) >= 11 is -1.46. The molecule has 2 amide bonds. The van der Waals surface area contributed by atoms with Gasteiger partial charge in [0.1, 0.15) is 0 Å². The summed E-state index contributed by atoms with van der Waals surface area (Å²) in [5, 5.41) is 23.2. The first-order chi connectivity index (χ1) is 17.6. The number of carbonyl (C=O) groups is 2. The minimum atomic E-state index is -4.89. The van der Waals surface area contributed by atoms with E-state index in [1.807, 2.05) is 6.07 Å². The van der Waals surface area contributed by atoms with Gasteiger partial charge in [-0.2, -0.15) is 0 Å². The van der Waals surface area contributed by atoms with Crippen LogP contribution in [0.3, 0.4) is 0 Å². The molecule has 17 heteroatoms. The molecule has 2 aromatic heterocycles. The molecule has 0 spiro atoms. The van der Waals surface area contributed by atoms with Crippen LogP contribution in [0, 0.1) is 11.3 Å². The van der Waals surface area contributed by atoms with Gasteiger partial charge in [0.2, 0.25) is 0 Å². The van der Waals surface area contributed by atoms with Crippen molar-refractivity contribution in [2.75, 3.05) is 19.7 Å². The molecule has 10 nitrogen and oxygen atoms in total. The van der Waals surface area contributed by atoms with Gasteiger partial charge in [-0.15, -0.1) is 0 Å². The molecule has 3 heterocycles. The standard InChI is InChI=1S/C21H21AsF6N6O4/c23-20(24,25)11-38-18(37)33-7-4-19(3-6-29,5-8-33)34-10-13(17(30)36)16(32-34)22-12-1-2-14(31-9-12)15(35)21(26,27)28/h1-2,9-10,15,22,35H,3-5,7-8,11H2,(H2,30,36). The van der Waals surface area contributed by atoms with Gasteiger partial charge in [0.05, 0.1) is 0 Å². The van der Waals surface area contributed by atoms with Crippen LogP contribution in [0.4, 0.5) is 31.1 Å². The SMILES string of the molecule is N#CCC1(n2cc(C(N)=O)c([AsH]c3ccc(C(O)C(F)(F)F)nc3)n2)CCN(C(=O)OCC(F)(F)F)CC1. The second-order valence-electron chi connectivity index (χ2n) is 8.46. The number of hydrogen-bond acceptors (Lipinski definition) is 7. The first-order valence-electron chi connectivity index (χ1n) is 10.9. The Hall–Kier alpha value is -3.31. The summed E-state index contributed by atoms with van der Waals surface area (Å²) in [5.41, 5.74) is 3.94. The Kier molecular flexibility index (Phi) is 8.62. The predicted molar refractivity (Wildman–Crippen MR) is 119 cm³/mol. The van der Waals surface area contributed by atoms with E-state index < -0.39 is 64.0 Å². The van der Waals surface area contributed by atoms with Gasteiger partial charge in [-0.25, -0.2) is 0 Å². The minimum absolute atomic E-state index is 0.0359. The molecule has 2 atom stereocenters. The number of rotatable bonds is 7. The number of hydrogen-bond donors (Lipinski definition) is 2. The molecule has 1 fully saturated rings. The van der Waals surface area contributed by atoms with Crippen LogP contribution in [-0.2, 0) is 10.3 Å². The van der Waals surface area contributed by atoms with E-state index in [0.29, 0.717) is 4.35 Å². The average molecular weight is 610 g/mol. The number of nitrogens with zero attached hydrogens (tertiary/aromatic N) is 5. The summed E-state index contributed by atoms with van der Waals surface area (Å²) in [6.45, 7) is -1.81. The zero-order chi connectivity index (χ0) is 28.3. The molecule has 3 N–H and O–H groups in total. The maximum absolute atomic E-state index is 12.7. The molecule has 1 aliphatic rings. The third-order valence-corrected chi connectivity index (χ3v) is 8.32. The van der Waals surface area contributed by atoms with Crippen molar-refractivity contribution >= 4 is 36.6 Å². The van der Waals surface area contributed by atoms with Gasteiger partial charge in [0.15, 0.2) is 0 Å². The molecule has 3 rings (SSSR count). The van der Waals surface area contributed by atoms with Crippen molar-refractivity contribution in [3.05, 3.63) is 35.8 Å². The molecule has 0 radical (unpaired) electrons. The number of aliphatic hydroxyl groups is 1. The van der Waals surface area contributed by atoms with E-state index in [1.54, 1.807) is 0 Å². The molecule has 2 unspecified atom stereocenters. The number of primary amides is 1. The Balaban J connectivity index is 1.80. The number of carbonyl (C=O) groups excluding carboxylic acids is 2. The molecule has 0 bridgehead atoms. The van der Waals surface area contributed by atoms with Crippen molar-refractivity contribution < 1.29 is 45.8 Å². The Bertz CT molecular complexity index is 1200. The molecular formula is C21H21AsF6N6O4. The molecular weight excluding hydrogens is 589 g/mol. The van der Waals surface area contributed by atoms with Crippen molar-refractivity contribution in [3.63, 3.8) is 0 Å². The number of pyridine rings is 1. The van der Waals surface area contributed by atoms with Crippen LogP contribution in [0.15, 0.2) is 24.5 Å². The van der Waals surface area contributed by atoms with E-state index in [-0.39, 0.29) is 42.4 Å². The van der Waals surface area contributed by atoms with Crippen molar-refractivity contribution in [1.29, 1.82) is 5.26 Å². The fourth-order valence-corrected chi connectivity index (χ4v) is 6.01. The molecule has 0 saturated carbocycles. The predicted octanol–water partition coefficient (Wildman–Crippen LogP) is 0.764. The molecule has 38 heavy (non-hydrogen) atoms. The monoisotopic (exact) mass is 610 g/mol. The van der Waals surface area contributed by atoms with Gasteiger partial charge in [-0.3, -0.25) is 0 Å². The first-order valence-corrected chi connectivity index (χ1v) is 13.0. The third kappa shape index (κ3) is 6.96. The zero-order valence-corrected chi connectivity index (χ0v) is 21.5. The van der Waals surface area contributed by atoms with Gasteiger partial charge < -0.3 is 0 Å². The number of alkyl halides is 6. The average Bonchev–Trinajstić information content (AvgIpc) is 3.27. The topological polar surface area (TPSA) is 147 Å². The van der Waals surface area contributed by atoms with Crippen molar-refractivity contribution in [2.24, 2.45) is 5.73 Å². The van der Waals surface area contributed by atoms with E-state index >= 15 is 0 Å². The molecule has 2 aromatic rings. The summed E-state index contributed by atoms with van der Waals surface area (Å²) in [6, 6.07) is 4.37. The molecule has 0 aromatic carbocycles. The van der Waals surface area contributed by atoms with Crippen LogP contribution in [0.25, 0.3) is 0 Å². The van der Waals surface area contributed by atoms with Crippen LogP contribution in [-0.4, -0.2) is 84.6 Å². The van der Waals surface area contributed by atoms with E-state index in [1.165, 1.54) is 16.9 Å². The van der Waals surface area contributed by atoms with Crippen LogP contribution in [0.2, 0.25) is 0 Å². The third-order valence-electron chi connectivity index (χ3n) is 5.82. The summed E-state index contributed by atoms with van der Waals surface area (Å²) in [7, 11) is 0. The van der Waals surface area contributed by atoms with E-state index in [2.05, 4.69) is 14.8 Å². The Morgan fingerprint density at radius 1 is 1.24 bits per heavy atom. The molecule has 1 saturated heterocycles. The number of nitrogens with two attached hydrogens (primary N) is 1. The van der Waals surface area contributed by atoms with Gasteiger partial charge >= 0.3 is 218 Å². The normalized spacial score (nSPS) is 16.8. The van der Waals surface area contributed by atoms with Crippen LogP contribution < -0.4 is 14.6 Å². The number of nitriles is 1. The number of piperidine rings is 1. The number of likely N-dealkylation sites (tertiary alicyclic amines) is 1. The second-order valence-corrected chi connectivity index (χ2v) is 11.2. The van der Waals surface area contributed by atoms with E-state index in [0.717, 1.165) is 17.2 Å². The van der Waals surface area contributed by atoms with E-state index in [4.69, 9.17) is 5.73 Å². The maximum atomic E-state index is 12.7. The summed E-state index contributed by atoms with van der Waals surface area (Å²) in [5.74, 6) is -0.827. The Morgan fingerprint density at radius 2 is 1.89 bits per heavy atom. The van der Waals surface area contributed by atoms with Gasteiger partial charge in [0, 0.05) is 0 Å². The van der Waals surface area contributed by atoms with Crippen molar-refractivity contribution in [3.8, 4) is 6.07 Å². The fourth-order valence-electron chi connectivity index (χ4n) is 3.81.